The molecule has 1 saturated heterocycles. The maximum Gasteiger partial charge on any atom is 0.231 e. The molecule has 3 heterocycles. The molecule has 144 valence electrons. The number of nitrogens with zero attached hydrogens (tertiary/aromatic N) is 2. The summed E-state index contributed by atoms with van der Waals surface area (Å²) in [5.41, 5.74) is 2.81. The Morgan fingerprint density at radius 2 is 1.96 bits per heavy atom. The third kappa shape index (κ3) is 3.41. The number of benzene rings is 2. The number of nitrogens with one attached hydrogen (secondary N) is 2. The third-order valence-corrected chi connectivity index (χ3v) is 5.41. The second kappa shape index (κ2) is 7.16. The lowest BCUT2D eigenvalue weighted by Gasteiger charge is -2.30. The molecule has 2 N–H and O–H groups in total. The largest absolute Gasteiger partial charge is 0.454 e. The zero-order chi connectivity index (χ0) is 18.9. The molecule has 7 nitrogen and oxygen atoms in total. The standard InChI is InChI=1S/C21H22N4O3/c26-21(22-15-5-6-18-19(11-15)28-13-27-18)14-7-9-25(10-8-14)12-20-23-16-3-1-2-4-17(16)24-20/h1-6,11,14H,7-10,12-13H2,(H,22,26)(H,23,24). The SMILES string of the molecule is O=C(Nc1ccc2c(c1)OCO2)C1CCN(Cc2nc3ccccc3[nH]2)CC1. The topological polar surface area (TPSA) is 79.5 Å². The number of hydrogen-bond acceptors (Lipinski definition) is 5. The van der Waals surface area contributed by atoms with Crippen LogP contribution >= 0.6 is 0 Å². The van der Waals surface area contributed by atoms with E-state index in [2.05, 4.69) is 20.2 Å². The van der Waals surface area contributed by atoms with Gasteiger partial charge in [0.25, 0.3) is 0 Å². The number of likely N-dealkylation sites (tertiary alicyclic amines) is 1. The molecule has 5 rings (SSSR count). The van der Waals surface area contributed by atoms with Crippen LogP contribution in [0.4, 0.5) is 5.69 Å². The highest BCUT2D eigenvalue weighted by Crippen LogP contribution is 2.34. The number of amides is 1. The summed E-state index contributed by atoms with van der Waals surface area (Å²) < 4.78 is 10.7. The van der Waals surface area contributed by atoms with E-state index in [9.17, 15) is 4.79 Å². The molecular weight excluding hydrogens is 356 g/mol. The molecule has 0 saturated carbocycles. The van der Waals surface area contributed by atoms with Gasteiger partial charge in [-0.25, -0.2) is 4.98 Å². The van der Waals surface area contributed by atoms with E-state index in [1.807, 2.05) is 42.5 Å². The number of hydrogen-bond donors (Lipinski definition) is 2. The molecular formula is C21H22N4O3. The van der Waals surface area contributed by atoms with Crippen LogP contribution in [0, 0.1) is 5.92 Å². The van der Waals surface area contributed by atoms with Crippen LogP contribution in [-0.4, -0.2) is 40.7 Å². The van der Waals surface area contributed by atoms with E-state index in [0.717, 1.165) is 60.8 Å². The zero-order valence-electron chi connectivity index (χ0n) is 15.5. The van der Waals surface area contributed by atoms with E-state index in [4.69, 9.17) is 9.47 Å². The number of imidazole rings is 1. The molecule has 0 atom stereocenters. The maximum absolute atomic E-state index is 12.6. The number of para-hydroxylation sites is 2. The van der Waals surface area contributed by atoms with Crippen LogP contribution in [0.25, 0.3) is 11.0 Å². The van der Waals surface area contributed by atoms with Gasteiger partial charge in [-0.3, -0.25) is 9.69 Å². The van der Waals surface area contributed by atoms with Gasteiger partial charge in [-0.15, -0.1) is 0 Å². The number of carbonyl (C=O) groups is 1. The number of carbonyl (C=O) groups excluding carboxylic acids is 1. The summed E-state index contributed by atoms with van der Waals surface area (Å²) >= 11 is 0. The molecule has 3 aromatic rings. The molecule has 1 amide bonds. The van der Waals surface area contributed by atoms with Crippen molar-refractivity contribution in [2.45, 2.75) is 19.4 Å². The highest BCUT2D eigenvalue weighted by Gasteiger charge is 2.26. The Bertz CT molecular complexity index is 975. The fourth-order valence-electron chi connectivity index (χ4n) is 3.86. The van der Waals surface area contributed by atoms with Gasteiger partial charge >= 0.3 is 0 Å². The van der Waals surface area contributed by atoms with Crippen LogP contribution in [0.2, 0.25) is 0 Å². The minimum atomic E-state index is 0.0253. The second-order valence-corrected chi connectivity index (χ2v) is 7.31. The number of rotatable bonds is 4. The van der Waals surface area contributed by atoms with E-state index in [1.54, 1.807) is 0 Å². The first-order valence-corrected chi connectivity index (χ1v) is 9.61. The molecule has 28 heavy (non-hydrogen) atoms. The average molecular weight is 378 g/mol. The van der Waals surface area contributed by atoms with Crippen molar-refractivity contribution in [2.24, 2.45) is 5.92 Å². The number of aromatic amines is 1. The van der Waals surface area contributed by atoms with Crippen molar-refractivity contribution in [3.05, 3.63) is 48.3 Å². The molecule has 2 aromatic carbocycles. The quantitative estimate of drug-likeness (QED) is 0.729. The lowest BCUT2D eigenvalue weighted by Crippen LogP contribution is -2.38. The van der Waals surface area contributed by atoms with E-state index >= 15 is 0 Å². The summed E-state index contributed by atoms with van der Waals surface area (Å²) in [6, 6.07) is 13.6. The number of fused-ring (bicyclic) bond motifs is 2. The second-order valence-electron chi connectivity index (χ2n) is 7.31. The normalized spacial score (nSPS) is 17.1. The summed E-state index contributed by atoms with van der Waals surface area (Å²) in [5.74, 6) is 2.47. The van der Waals surface area contributed by atoms with Gasteiger partial charge in [-0.2, -0.15) is 0 Å². The molecule has 0 radical (unpaired) electrons. The fraction of sp³-hybridized carbons (Fsp3) is 0.333. The Kier molecular flexibility index (Phi) is 4.37. The number of ether oxygens (including phenoxy) is 2. The molecule has 0 unspecified atom stereocenters. The van der Waals surface area contributed by atoms with Crippen LogP contribution in [0.5, 0.6) is 11.5 Å². The number of aromatic nitrogens is 2. The first-order valence-electron chi connectivity index (χ1n) is 9.61. The van der Waals surface area contributed by atoms with Gasteiger partial charge in [0.1, 0.15) is 5.82 Å². The maximum atomic E-state index is 12.6. The average Bonchev–Trinajstić information content (AvgIpc) is 3.34. The van der Waals surface area contributed by atoms with Crippen molar-refractivity contribution in [3.8, 4) is 11.5 Å². The summed E-state index contributed by atoms with van der Waals surface area (Å²) in [5, 5.41) is 3.01. The summed E-state index contributed by atoms with van der Waals surface area (Å²) in [6.07, 6.45) is 1.69. The Morgan fingerprint density at radius 1 is 1.14 bits per heavy atom. The van der Waals surface area contributed by atoms with Crippen LogP contribution in [0.1, 0.15) is 18.7 Å². The minimum Gasteiger partial charge on any atom is -0.454 e. The zero-order valence-corrected chi connectivity index (χ0v) is 15.5. The lowest BCUT2D eigenvalue weighted by atomic mass is 9.96. The highest BCUT2D eigenvalue weighted by atomic mass is 16.7. The molecule has 0 spiro atoms. The van der Waals surface area contributed by atoms with Gasteiger partial charge in [-0.1, -0.05) is 12.1 Å². The molecule has 1 aromatic heterocycles. The van der Waals surface area contributed by atoms with Crippen molar-refractivity contribution in [1.82, 2.24) is 14.9 Å². The van der Waals surface area contributed by atoms with Crippen LogP contribution in [0.3, 0.4) is 0 Å². The van der Waals surface area contributed by atoms with Crippen LogP contribution in [0.15, 0.2) is 42.5 Å². The first kappa shape index (κ1) is 17.1. The predicted molar refractivity (Wildman–Crippen MR) is 105 cm³/mol. The van der Waals surface area contributed by atoms with Crippen molar-refractivity contribution < 1.29 is 14.3 Å². The number of H-pyrrole nitrogens is 1. The van der Waals surface area contributed by atoms with E-state index in [-0.39, 0.29) is 18.6 Å². The van der Waals surface area contributed by atoms with E-state index in [0.29, 0.717) is 5.75 Å². The third-order valence-electron chi connectivity index (χ3n) is 5.41. The molecule has 7 heteroatoms. The predicted octanol–water partition coefficient (Wildman–Crippen LogP) is 3.14. The van der Waals surface area contributed by atoms with Crippen molar-refractivity contribution in [2.75, 3.05) is 25.2 Å². The Morgan fingerprint density at radius 3 is 2.82 bits per heavy atom. The summed E-state index contributed by atoms with van der Waals surface area (Å²) in [4.78, 5) is 23.0. The first-order chi connectivity index (χ1) is 13.7. The van der Waals surface area contributed by atoms with Gasteiger partial charge in [0.15, 0.2) is 11.5 Å². The number of anilines is 1. The molecule has 0 bridgehead atoms. The molecule has 2 aliphatic heterocycles. The summed E-state index contributed by atoms with van der Waals surface area (Å²) in [7, 11) is 0. The smallest absolute Gasteiger partial charge is 0.231 e. The minimum absolute atomic E-state index is 0.0253. The fourth-order valence-corrected chi connectivity index (χ4v) is 3.86. The molecule has 1 fully saturated rings. The Labute approximate surface area is 162 Å². The van der Waals surface area contributed by atoms with E-state index < -0.39 is 0 Å². The van der Waals surface area contributed by atoms with Gasteiger partial charge in [-0.05, 0) is 50.2 Å². The van der Waals surface area contributed by atoms with Gasteiger partial charge in [0, 0.05) is 17.7 Å². The Hall–Kier alpha value is -3.06. The highest BCUT2D eigenvalue weighted by molar-refractivity contribution is 5.93. The van der Waals surface area contributed by atoms with Gasteiger partial charge in [0.05, 0.1) is 17.6 Å². The van der Waals surface area contributed by atoms with Crippen molar-refractivity contribution >= 4 is 22.6 Å². The van der Waals surface area contributed by atoms with Crippen LogP contribution < -0.4 is 14.8 Å². The molecule has 2 aliphatic rings. The monoisotopic (exact) mass is 378 g/mol. The van der Waals surface area contributed by atoms with Crippen molar-refractivity contribution in [1.29, 1.82) is 0 Å². The van der Waals surface area contributed by atoms with Crippen molar-refractivity contribution in [3.63, 3.8) is 0 Å². The summed E-state index contributed by atoms with van der Waals surface area (Å²) in [6.45, 7) is 2.79. The molecule has 0 aliphatic carbocycles. The van der Waals surface area contributed by atoms with Crippen LogP contribution in [-0.2, 0) is 11.3 Å². The van der Waals surface area contributed by atoms with E-state index in [1.165, 1.54) is 0 Å². The number of piperidine rings is 1. The van der Waals surface area contributed by atoms with Gasteiger partial charge < -0.3 is 19.8 Å². The Balaban J connectivity index is 1.16. The van der Waals surface area contributed by atoms with Gasteiger partial charge in [0.2, 0.25) is 12.7 Å². The lowest BCUT2D eigenvalue weighted by molar-refractivity contribution is -0.121.